The highest BCUT2D eigenvalue weighted by molar-refractivity contribution is 5.89. The lowest BCUT2D eigenvalue weighted by Gasteiger charge is -2.23. The van der Waals surface area contributed by atoms with Crippen molar-refractivity contribution in [1.29, 1.82) is 0 Å². The van der Waals surface area contributed by atoms with Crippen LogP contribution in [0.5, 0.6) is 0 Å². The molecule has 2 N–H and O–H groups in total. The van der Waals surface area contributed by atoms with E-state index in [2.05, 4.69) is 39.9 Å². The van der Waals surface area contributed by atoms with Crippen LogP contribution in [0.3, 0.4) is 0 Å². The molecule has 5 heteroatoms. The van der Waals surface area contributed by atoms with E-state index in [1.165, 1.54) is 18.1 Å². The Bertz CT molecular complexity index is 1030. The van der Waals surface area contributed by atoms with E-state index in [4.69, 9.17) is 4.99 Å². The Labute approximate surface area is 164 Å². The van der Waals surface area contributed by atoms with Crippen molar-refractivity contribution in [3.05, 3.63) is 78.0 Å². The molecule has 1 aliphatic rings. The molecule has 0 aliphatic carbocycles. The van der Waals surface area contributed by atoms with Crippen LogP contribution in [0.4, 0.5) is 11.5 Å². The number of hydrogen-bond acceptors (Lipinski definition) is 4. The van der Waals surface area contributed by atoms with Gasteiger partial charge in [-0.1, -0.05) is 42.5 Å². The Balaban J connectivity index is 1.57. The van der Waals surface area contributed by atoms with Crippen molar-refractivity contribution in [2.75, 3.05) is 5.32 Å². The first-order chi connectivity index (χ1) is 13.7. The van der Waals surface area contributed by atoms with E-state index in [9.17, 15) is 4.79 Å². The van der Waals surface area contributed by atoms with Crippen LogP contribution in [-0.2, 0) is 17.8 Å². The molecule has 3 aromatic rings. The number of anilines is 1. The highest BCUT2D eigenvalue weighted by Crippen LogP contribution is 2.31. The van der Waals surface area contributed by atoms with Gasteiger partial charge in [0.2, 0.25) is 5.91 Å². The number of carbonyl (C=O) groups excluding carboxylic acids is 1. The van der Waals surface area contributed by atoms with Gasteiger partial charge >= 0.3 is 0 Å². The number of amides is 1. The quantitative estimate of drug-likeness (QED) is 0.679. The van der Waals surface area contributed by atoms with E-state index in [0.29, 0.717) is 5.82 Å². The minimum absolute atomic E-state index is 0.139. The van der Waals surface area contributed by atoms with E-state index < -0.39 is 0 Å². The normalized spacial score (nSPS) is 16.0. The summed E-state index contributed by atoms with van der Waals surface area (Å²) in [6, 6.07) is 20.5. The summed E-state index contributed by atoms with van der Waals surface area (Å²) >= 11 is 0. The largest absolute Gasteiger partial charge is 0.311 e. The summed E-state index contributed by atoms with van der Waals surface area (Å²) in [7, 11) is 0. The molecule has 0 radical (unpaired) electrons. The summed E-state index contributed by atoms with van der Waals surface area (Å²) in [5, 5.41) is 6.26. The van der Waals surface area contributed by atoms with Crippen molar-refractivity contribution < 1.29 is 4.79 Å². The molecular weight excluding hydrogens is 348 g/mol. The van der Waals surface area contributed by atoms with Crippen LogP contribution < -0.4 is 10.6 Å². The molecule has 0 saturated carbocycles. The number of benzene rings is 2. The second-order valence-corrected chi connectivity index (χ2v) is 6.87. The van der Waals surface area contributed by atoms with Crippen molar-refractivity contribution in [1.82, 2.24) is 10.3 Å². The Morgan fingerprint density at radius 2 is 1.93 bits per heavy atom. The highest BCUT2D eigenvalue weighted by Gasteiger charge is 2.15. The van der Waals surface area contributed by atoms with E-state index in [1.807, 2.05) is 42.6 Å². The molecule has 140 valence electrons. The van der Waals surface area contributed by atoms with Crippen LogP contribution in [-0.4, -0.2) is 23.1 Å². The minimum atomic E-state index is -0.139. The number of hydrogen-bond donors (Lipinski definition) is 2. The van der Waals surface area contributed by atoms with Gasteiger partial charge in [-0.25, -0.2) is 4.98 Å². The molecule has 0 saturated heterocycles. The Morgan fingerprint density at radius 1 is 1.14 bits per heavy atom. The molecule has 1 amide bonds. The van der Waals surface area contributed by atoms with Gasteiger partial charge in [0.1, 0.15) is 5.82 Å². The lowest BCUT2D eigenvalue weighted by molar-refractivity contribution is -0.114. The van der Waals surface area contributed by atoms with Crippen molar-refractivity contribution in [2.45, 2.75) is 25.9 Å². The average molecular weight is 370 g/mol. The third-order valence-corrected chi connectivity index (χ3v) is 4.79. The Kier molecular flexibility index (Phi) is 5.26. The van der Waals surface area contributed by atoms with E-state index in [-0.39, 0.29) is 11.9 Å². The van der Waals surface area contributed by atoms with Gasteiger partial charge in [0, 0.05) is 37.5 Å². The lowest BCUT2D eigenvalue weighted by atomic mass is 9.96. The monoisotopic (exact) mass is 370 g/mol. The molecular formula is C23H22N4O. The van der Waals surface area contributed by atoms with Gasteiger partial charge in [0.05, 0.1) is 5.69 Å². The molecule has 5 nitrogen and oxygen atoms in total. The zero-order valence-electron chi connectivity index (χ0n) is 15.7. The summed E-state index contributed by atoms with van der Waals surface area (Å²) in [6.07, 6.45) is 4.62. The maximum Gasteiger partial charge on any atom is 0.222 e. The number of aromatic nitrogens is 1. The van der Waals surface area contributed by atoms with Gasteiger partial charge in [0.15, 0.2) is 0 Å². The van der Waals surface area contributed by atoms with E-state index in [1.54, 1.807) is 6.20 Å². The summed E-state index contributed by atoms with van der Waals surface area (Å²) in [4.78, 5) is 20.3. The molecule has 0 unspecified atom stereocenters. The number of fused-ring (bicyclic) bond motifs is 1. The van der Waals surface area contributed by atoms with Gasteiger partial charge in [-0.2, -0.15) is 0 Å². The number of aliphatic imine (C=N–C) groups is 1. The molecule has 1 aliphatic heterocycles. The smallest absolute Gasteiger partial charge is 0.222 e. The summed E-state index contributed by atoms with van der Waals surface area (Å²) in [5.74, 6) is 0.397. The maximum atomic E-state index is 11.3. The highest BCUT2D eigenvalue weighted by atomic mass is 16.1. The van der Waals surface area contributed by atoms with Crippen LogP contribution >= 0.6 is 0 Å². The maximum absolute atomic E-state index is 11.3. The Morgan fingerprint density at radius 3 is 2.79 bits per heavy atom. The Hall–Kier alpha value is -3.31. The third-order valence-electron chi connectivity index (χ3n) is 4.79. The molecule has 2 heterocycles. The molecule has 4 rings (SSSR count). The second kappa shape index (κ2) is 8.15. The molecule has 0 bridgehead atoms. The molecule has 1 aromatic heterocycles. The lowest BCUT2D eigenvalue weighted by Crippen LogP contribution is -2.36. The first-order valence-corrected chi connectivity index (χ1v) is 9.36. The van der Waals surface area contributed by atoms with Gasteiger partial charge < -0.3 is 10.6 Å². The number of pyridine rings is 1. The van der Waals surface area contributed by atoms with Crippen molar-refractivity contribution in [3.63, 3.8) is 0 Å². The SMILES string of the molecule is CC(=O)Nc1cc(-c2ccccc2N=C[C@@H]2Cc3ccccc3CN2)ccn1. The number of carbonyl (C=O) groups is 1. The summed E-state index contributed by atoms with van der Waals surface area (Å²) in [6.45, 7) is 2.33. The average Bonchev–Trinajstić information content (AvgIpc) is 2.72. The van der Waals surface area contributed by atoms with Crippen molar-refractivity contribution in [3.8, 4) is 11.1 Å². The predicted molar refractivity (Wildman–Crippen MR) is 113 cm³/mol. The molecule has 1 atom stereocenters. The van der Waals surface area contributed by atoms with Crippen LogP contribution in [0.15, 0.2) is 71.9 Å². The van der Waals surface area contributed by atoms with E-state index >= 15 is 0 Å². The van der Waals surface area contributed by atoms with Crippen molar-refractivity contribution in [2.24, 2.45) is 4.99 Å². The predicted octanol–water partition coefficient (Wildman–Crippen LogP) is 4.12. The fourth-order valence-electron chi connectivity index (χ4n) is 3.43. The molecule has 0 spiro atoms. The van der Waals surface area contributed by atoms with Crippen LogP contribution in [0.1, 0.15) is 18.1 Å². The fourth-order valence-corrected chi connectivity index (χ4v) is 3.43. The second-order valence-electron chi connectivity index (χ2n) is 6.87. The van der Waals surface area contributed by atoms with Crippen LogP contribution in [0.2, 0.25) is 0 Å². The fraction of sp³-hybridized carbons (Fsp3) is 0.174. The first-order valence-electron chi connectivity index (χ1n) is 9.36. The summed E-state index contributed by atoms with van der Waals surface area (Å²) < 4.78 is 0. The summed E-state index contributed by atoms with van der Waals surface area (Å²) in [5.41, 5.74) is 5.59. The number of nitrogens with one attached hydrogen (secondary N) is 2. The zero-order chi connectivity index (χ0) is 19.3. The van der Waals surface area contributed by atoms with Crippen molar-refractivity contribution >= 4 is 23.6 Å². The molecule has 28 heavy (non-hydrogen) atoms. The van der Waals surface area contributed by atoms with E-state index in [0.717, 1.165) is 29.8 Å². The van der Waals surface area contributed by atoms with Crippen LogP contribution in [0, 0.1) is 0 Å². The standard InChI is InChI=1S/C23H22N4O/c1-16(28)27-23-13-18(10-11-24-23)21-8-4-5-9-22(21)26-15-20-12-17-6-2-3-7-19(17)14-25-20/h2-11,13,15,20,25H,12,14H2,1H3,(H,24,27,28)/t20-/m0/s1. The molecule has 0 fully saturated rings. The topological polar surface area (TPSA) is 66.4 Å². The van der Waals surface area contributed by atoms with Gasteiger partial charge in [0.25, 0.3) is 0 Å². The van der Waals surface area contributed by atoms with Gasteiger partial charge in [-0.15, -0.1) is 0 Å². The molecule has 2 aromatic carbocycles. The minimum Gasteiger partial charge on any atom is -0.311 e. The first kappa shape index (κ1) is 18.1. The third kappa shape index (κ3) is 4.15. The van der Waals surface area contributed by atoms with Gasteiger partial charge in [-0.3, -0.25) is 9.79 Å². The number of rotatable bonds is 4. The zero-order valence-corrected chi connectivity index (χ0v) is 15.7. The number of nitrogens with zero attached hydrogens (tertiary/aromatic N) is 2. The number of para-hydroxylation sites is 1. The van der Waals surface area contributed by atoms with Crippen LogP contribution in [0.25, 0.3) is 11.1 Å². The van der Waals surface area contributed by atoms with Gasteiger partial charge in [-0.05, 0) is 41.3 Å².